The second-order valence-electron chi connectivity index (χ2n) is 5.36. The fraction of sp³-hybridized carbons (Fsp3) is 0.533. The molecule has 0 aromatic heterocycles. The summed E-state index contributed by atoms with van der Waals surface area (Å²) in [5.41, 5.74) is 1.91. The van der Waals surface area contributed by atoms with Crippen LogP contribution in [0.3, 0.4) is 0 Å². The lowest BCUT2D eigenvalue weighted by Gasteiger charge is -2.31. The van der Waals surface area contributed by atoms with Gasteiger partial charge in [0, 0.05) is 22.6 Å². The molecule has 100 valence electrons. The van der Waals surface area contributed by atoms with Gasteiger partial charge in [0.15, 0.2) is 5.78 Å². The SMILES string of the molecule is CC(=O)c1ccc(N(CC(C)C)C(C)C)c(Br)c1. The number of Topliss-reactive ketones (excluding diaryl/α,β-unsaturated/α-hetero) is 1. The monoisotopic (exact) mass is 311 g/mol. The van der Waals surface area contributed by atoms with Gasteiger partial charge in [-0.05, 0) is 60.8 Å². The summed E-state index contributed by atoms with van der Waals surface area (Å²) < 4.78 is 0.990. The van der Waals surface area contributed by atoms with Crippen LogP contribution in [0.4, 0.5) is 5.69 Å². The van der Waals surface area contributed by atoms with Gasteiger partial charge in [-0.3, -0.25) is 4.79 Å². The van der Waals surface area contributed by atoms with E-state index in [0.29, 0.717) is 12.0 Å². The number of hydrogen-bond acceptors (Lipinski definition) is 2. The summed E-state index contributed by atoms with van der Waals surface area (Å²) in [5.74, 6) is 0.703. The molecule has 0 spiro atoms. The Morgan fingerprint density at radius 3 is 2.28 bits per heavy atom. The largest absolute Gasteiger partial charge is 0.368 e. The molecule has 3 heteroatoms. The van der Waals surface area contributed by atoms with Gasteiger partial charge in [-0.15, -0.1) is 0 Å². The van der Waals surface area contributed by atoms with Crippen molar-refractivity contribution in [2.75, 3.05) is 11.4 Å². The third-order valence-corrected chi connectivity index (χ3v) is 3.48. The number of halogens is 1. The van der Waals surface area contributed by atoms with E-state index in [1.54, 1.807) is 6.92 Å². The summed E-state index contributed by atoms with van der Waals surface area (Å²) in [6, 6.07) is 6.28. The van der Waals surface area contributed by atoms with Gasteiger partial charge in [0.2, 0.25) is 0 Å². The number of hydrogen-bond donors (Lipinski definition) is 0. The predicted molar refractivity (Wildman–Crippen MR) is 81.5 cm³/mol. The summed E-state index contributed by atoms with van der Waals surface area (Å²) in [7, 11) is 0. The Bertz CT molecular complexity index is 427. The second kappa shape index (κ2) is 6.37. The maximum atomic E-state index is 11.4. The Kier molecular flexibility index (Phi) is 5.39. The summed E-state index contributed by atoms with van der Waals surface area (Å²) in [6.45, 7) is 11.4. The zero-order valence-electron chi connectivity index (χ0n) is 11.8. The quantitative estimate of drug-likeness (QED) is 0.745. The van der Waals surface area contributed by atoms with Crippen LogP contribution in [0.5, 0.6) is 0 Å². The number of carbonyl (C=O) groups excluding carboxylic acids is 1. The molecule has 0 atom stereocenters. The fourth-order valence-corrected chi connectivity index (χ4v) is 2.55. The Hall–Kier alpha value is -0.830. The average Bonchev–Trinajstić information content (AvgIpc) is 2.25. The smallest absolute Gasteiger partial charge is 0.159 e. The molecule has 0 aliphatic rings. The van der Waals surface area contributed by atoms with Crippen LogP contribution in [-0.4, -0.2) is 18.4 Å². The Morgan fingerprint density at radius 2 is 1.89 bits per heavy atom. The van der Waals surface area contributed by atoms with Crippen molar-refractivity contribution in [1.82, 2.24) is 0 Å². The number of benzene rings is 1. The minimum absolute atomic E-state index is 0.0993. The van der Waals surface area contributed by atoms with Crippen molar-refractivity contribution >= 4 is 27.4 Å². The Balaban J connectivity index is 3.09. The van der Waals surface area contributed by atoms with Gasteiger partial charge in [0.1, 0.15) is 0 Å². The molecule has 0 aliphatic carbocycles. The van der Waals surface area contributed by atoms with Gasteiger partial charge in [-0.25, -0.2) is 0 Å². The lowest BCUT2D eigenvalue weighted by atomic mass is 10.1. The van der Waals surface area contributed by atoms with E-state index in [2.05, 4.69) is 48.5 Å². The number of nitrogens with zero attached hydrogens (tertiary/aromatic N) is 1. The summed E-state index contributed by atoms with van der Waals surface area (Å²) >= 11 is 3.58. The molecule has 1 aromatic carbocycles. The third-order valence-electron chi connectivity index (χ3n) is 2.85. The standard InChI is InChI=1S/C15H22BrNO/c1-10(2)9-17(11(3)4)15-7-6-13(12(5)18)8-14(15)16/h6-8,10-11H,9H2,1-5H3. The van der Waals surface area contributed by atoms with Crippen molar-refractivity contribution in [3.05, 3.63) is 28.2 Å². The molecule has 0 N–H and O–H groups in total. The van der Waals surface area contributed by atoms with Crippen molar-refractivity contribution < 1.29 is 4.79 Å². The molecule has 0 saturated carbocycles. The molecule has 0 amide bonds. The molecule has 18 heavy (non-hydrogen) atoms. The zero-order chi connectivity index (χ0) is 13.9. The van der Waals surface area contributed by atoms with Crippen molar-refractivity contribution in [1.29, 1.82) is 0 Å². The van der Waals surface area contributed by atoms with E-state index >= 15 is 0 Å². The molecule has 0 saturated heterocycles. The first-order valence-electron chi connectivity index (χ1n) is 6.40. The van der Waals surface area contributed by atoms with Crippen molar-refractivity contribution in [3.63, 3.8) is 0 Å². The molecule has 1 rings (SSSR count). The lowest BCUT2D eigenvalue weighted by molar-refractivity contribution is 0.101. The summed E-state index contributed by atoms with van der Waals surface area (Å²) in [5, 5.41) is 0. The molecule has 0 fully saturated rings. The van der Waals surface area contributed by atoms with E-state index < -0.39 is 0 Å². The second-order valence-corrected chi connectivity index (χ2v) is 6.22. The van der Waals surface area contributed by atoms with E-state index in [0.717, 1.165) is 22.3 Å². The molecule has 0 unspecified atom stereocenters. The van der Waals surface area contributed by atoms with Crippen LogP contribution < -0.4 is 4.90 Å². The fourth-order valence-electron chi connectivity index (χ4n) is 1.94. The third kappa shape index (κ3) is 3.84. The molecular formula is C15H22BrNO. The van der Waals surface area contributed by atoms with E-state index in [4.69, 9.17) is 0 Å². The number of rotatable bonds is 5. The van der Waals surface area contributed by atoms with Crippen LogP contribution in [0.15, 0.2) is 22.7 Å². The predicted octanol–water partition coefficient (Wildman–Crippen LogP) is 4.52. The number of carbonyl (C=O) groups is 1. The maximum absolute atomic E-state index is 11.4. The zero-order valence-corrected chi connectivity index (χ0v) is 13.4. The Labute approximate surface area is 119 Å². The van der Waals surface area contributed by atoms with Gasteiger partial charge in [-0.1, -0.05) is 13.8 Å². The van der Waals surface area contributed by atoms with Crippen LogP contribution >= 0.6 is 15.9 Å². The van der Waals surface area contributed by atoms with Crippen LogP contribution in [0.2, 0.25) is 0 Å². The van der Waals surface area contributed by atoms with Crippen molar-refractivity contribution in [3.8, 4) is 0 Å². The highest BCUT2D eigenvalue weighted by atomic mass is 79.9. The highest BCUT2D eigenvalue weighted by molar-refractivity contribution is 9.10. The van der Waals surface area contributed by atoms with Crippen LogP contribution in [0, 0.1) is 5.92 Å². The van der Waals surface area contributed by atoms with E-state index in [1.165, 1.54) is 0 Å². The minimum Gasteiger partial charge on any atom is -0.368 e. The first-order chi connectivity index (χ1) is 8.32. The van der Waals surface area contributed by atoms with E-state index in [1.807, 2.05) is 18.2 Å². The van der Waals surface area contributed by atoms with E-state index in [9.17, 15) is 4.79 Å². The van der Waals surface area contributed by atoms with Gasteiger partial charge in [0.05, 0.1) is 5.69 Å². The normalized spacial score (nSPS) is 11.1. The van der Waals surface area contributed by atoms with Gasteiger partial charge >= 0.3 is 0 Å². The lowest BCUT2D eigenvalue weighted by Crippen LogP contribution is -2.34. The maximum Gasteiger partial charge on any atom is 0.159 e. The number of ketones is 1. The molecule has 0 aliphatic heterocycles. The van der Waals surface area contributed by atoms with Gasteiger partial charge in [0.25, 0.3) is 0 Å². The van der Waals surface area contributed by atoms with Crippen LogP contribution in [-0.2, 0) is 0 Å². The first-order valence-corrected chi connectivity index (χ1v) is 7.19. The van der Waals surface area contributed by atoms with Gasteiger partial charge < -0.3 is 4.90 Å². The Morgan fingerprint density at radius 1 is 1.28 bits per heavy atom. The van der Waals surface area contributed by atoms with Crippen molar-refractivity contribution in [2.24, 2.45) is 5.92 Å². The number of anilines is 1. The van der Waals surface area contributed by atoms with E-state index in [-0.39, 0.29) is 5.78 Å². The van der Waals surface area contributed by atoms with Gasteiger partial charge in [-0.2, -0.15) is 0 Å². The first kappa shape index (κ1) is 15.2. The molecule has 1 aromatic rings. The molecule has 0 radical (unpaired) electrons. The van der Waals surface area contributed by atoms with Crippen LogP contribution in [0.25, 0.3) is 0 Å². The topological polar surface area (TPSA) is 20.3 Å². The summed E-state index contributed by atoms with van der Waals surface area (Å²) in [4.78, 5) is 13.7. The van der Waals surface area contributed by atoms with Crippen LogP contribution in [0.1, 0.15) is 45.0 Å². The molecular weight excluding hydrogens is 290 g/mol. The highest BCUT2D eigenvalue weighted by Gasteiger charge is 2.15. The molecule has 2 nitrogen and oxygen atoms in total. The summed E-state index contributed by atoms with van der Waals surface area (Å²) in [6.07, 6.45) is 0. The molecule has 0 heterocycles. The molecule has 0 bridgehead atoms. The van der Waals surface area contributed by atoms with Crippen molar-refractivity contribution in [2.45, 2.75) is 40.7 Å². The minimum atomic E-state index is 0.0993. The average molecular weight is 312 g/mol. The highest BCUT2D eigenvalue weighted by Crippen LogP contribution is 2.29.